The Morgan fingerprint density at radius 3 is 2.67 bits per heavy atom. The summed E-state index contributed by atoms with van der Waals surface area (Å²) in [6.45, 7) is 0.535. The summed E-state index contributed by atoms with van der Waals surface area (Å²) in [5, 5.41) is 13.7. The molecular formula is C13H8BrCl2N3OS. The largest absolute Gasteiger partial charge is 0.507 e. The number of nitrogens with one attached hydrogen (secondary N) is 1. The fraction of sp³-hybridized carbons (Fsp3) is 0.0769. The molecule has 0 spiro atoms. The van der Waals surface area contributed by atoms with E-state index in [9.17, 15) is 5.11 Å². The molecule has 3 rings (SSSR count). The van der Waals surface area contributed by atoms with E-state index in [0.717, 1.165) is 17.3 Å². The van der Waals surface area contributed by atoms with E-state index in [2.05, 4.69) is 30.0 Å². The van der Waals surface area contributed by atoms with Crippen LogP contribution in [0.25, 0.3) is 11.0 Å². The van der Waals surface area contributed by atoms with Crippen LogP contribution in [-0.2, 0) is 6.54 Å². The maximum atomic E-state index is 9.50. The molecule has 0 radical (unpaired) electrons. The number of rotatable bonds is 3. The lowest BCUT2D eigenvalue weighted by Crippen LogP contribution is -2.01. The smallest absolute Gasteiger partial charge is 0.130 e. The van der Waals surface area contributed by atoms with Crippen molar-refractivity contribution in [2.45, 2.75) is 6.54 Å². The lowest BCUT2D eigenvalue weighted by atomic mass is 10.2. The number of phenolic OH excluding ortho intramolecular Hbond substituents is 1. The molecule has 3 aromatic rings. The van der Waals surface area contributed by atoms with E-state index in [1.165, 1.54) is 0 Å². The molecule has 0 atom stereocenters. The second-order valence-corrected chi connectivity index (χ2v) is 6.51. The summed E-state index contributed by atoms with van der Waals surface area (Å²) in [5.41, 5.74) is 2.99. The van der Waals surface area contributed by atoms with Crippen molar-refractivity contribution >= 4 is 67.6 Å². The molecule has 2 N–H and O–H groups in total. The molecule has 1 heterocycles. The van der Waals surface area contributed by atoms with Gasteiger partial charge in [0, 0.05) is 6.54 Å². The van der Waals surface area contributed by atoms with Gasteiger partial charge < -0.3 is 10.4 Å². The molecule has 8 heteroatoms. The number of hydrogen-bond donors (Lipinski definition) is 2. The van der Waals surface area contributed by atoms with Crippen molar-refractivity contribution in [3.63, 3.8) is 0 Å². The molecule has 0 aliphatic heterocycles. The Bertz CT molecular complexity index is 825. The van der Waals surface area contributed by atoms with Gasteiger partial charge in [0.05, 0.1) is 31.9 Å². The molecular weight excluding hydrogens is 397 g/mol. The summed E-state index contributed by atoms with van der Waals surface area (Å²) < 4.78 is 9.04. The van der Waals surface area contributed by atoms with Crippen molar-refractivity contribution in [1.82, 2.24) is 8.75 Å². The molecule has 2 aromatic carbocycles. The van der Waals surface area contributed by atoms with Crippen LogP contribution < -0.4 is 5.32 Å². The van der Waals surface area contributed by atoms with E-state index < -0.39 is 0 Å². The quantitative estimate of drug-likeness (QED) is 0.639. The van der Waals surface area contributed by atoms with Gasteiger partial charge in [-0.15, -0.1) is 0 Å². The Morgan fingerprint density at radius 1 is 1.14 bits per heavy atom. The summed E-state index contributed by atoms with van der Waals surface area (Å²) in [4.78, 5) is 0. The molecule has 0 saturated carbocycles. The lowest BCUT2D eigenvalue weighted by molar-refractivity contribution is 0.471. The molecule has 108 valence electrons. The Labute approximate surface area is 143 Å². The van der Waals surface area contributed by atoms with Crippen molar-refractivity contribution in [3.05, 3.63) is 44.3 Å². The zero-order chi connectivity index (χ0) is 15.0. The molecule has 0 fully saturated rings. The molecule has 0 amide bonds. The SMILES string of the molecule is Oc1ccc(CNc2c(Cl)cc(Cl)c3nsnc23)cc1Br. The molecule has 4 nitrogen and oxygen atoms in total. The van der Waals surface area contributed by atoms with Crippen LogP contribution in [0, 0.1) is 0 Å². The number of anilines is 1. The first-order valence-corrected chi connectivity index (χ1v) is 8.15. The van der Waals surface area contributed by atoms with Gasteiger partial charge in [0.25, 0.3) is 0 Å². The average Bonchev–Trinajstić information content (AvgIpc) is 2.92. The van der Waals surface area contributed by atoms with Crippen LogP contribution in [0.5, 0.6) is 5.75 Å². The number of fused-ring (bicyclic) bond motifs is 1. The van der Waals surface area contributed by atoms with Crippen molar-refractivity contribution in [3.8, 4) is 5.75 Å². The van der Waals surface area contributed by atoms with E-state index >= 15 is 0 Å². The van der Waals surface area contributed by atoms with Gasteiger partial charge in [0.2, 0.25) is 0 Å². The monoisotopic (exact) mass is 403 g/mol. The second-order valence-electron chi connectivity index (χ2n) is 4.32. The normalized spacial score (nSPS) is 11.0. The van der Waals surface area contributed by atoms with Crippen LogP contribution in [0.15, 0.2) is 28.7 Å². The van der Waals surface area contributed by atoms with E-state index in [1.54, 1.807) is 12.1 Å². The third kappa shape index (κ3) is 2.94. The molecule has 0 bridgehead atoms. The minimum Gasteiger partial charge on any atom is -0.507 e. The first-order valence-electron chi connectivity index (χ1n) is 5.88. The Kier molecular flexibility index (Phi) is 4.21. The second kappa shape index (κ2) is 5.96. The van der Waals surface area contributed by atoms with Gasteiger partial charge in [-0.1, -0.05) is 29.3 Å². The van der Waals surface area contributed by atoms with Crippen LogP contribution in [0.3, 0.4) is 0 Å². The number of halogens is 3. The van der Waals surface area contributed by atoms with Crippen molar-refractivity contribution < 1.29 is 5.11 Å². The molecule has 21 heavy (non-hydrogen) atoms. The van der Waals surface area contributed by atoms with Crippen LogP contribution in [0.1, 0.15) is 5.56 Å². The molecule has 0 aliphatic rings. The van der Waals surface area contributed by atoms with E-state index in [1.807, 2.05) is 12.1 Å². The predicted octanol–water partition coefficient (Wildman–Crippen LogP) is 5.08. The topological polar surface area (TPSA) is 58.0 Å². The maximum Gasteiger partial charge on any atom is 0.130 e. The van der Waals surface area contributed by atoms with Crippen LogP contribution in [0.2, 0.25) is 10.0 Å². The summed E-state index contributed by atoms with van der Waals surface area (Å²) in [7, 11) is 0. The maximum absolute atomic E-state index is 9.50. The fourth-order valence-corrected chi connectivity index (χ4v) is 3.50. The van der Waals surface area contributed by atoms with Gasteiger partial charge in [-0.25, -0.2) is 0 Å². The molecule has 0 saturated heterocycles. The number of phenols is 1. The first-order chi connectivity index (χ1) is 10.1. The highest BCUT2D eigenvalue weighted by atomic mass is 79.9. The van der Waals surface area contributed by atoms with E-state index in [0.29, 0.717) is 37.8 Å². The summed E-state index contributed by atoms with van der Waals surface area (Å²) in [6, 6.07) is 6.95. The number of aromatic nitrogens is 2. The van der Waals surface area contributed by atoms with Gasteiger partial charge in [0.1, 0.15) is 16.8 Å². The van der Waals surface area contributed by atoms with Crippen LogP contribution >= 0.6 is 50.9 Å². The third-order valence-corrected chi connectivity index (χ3v) is 4.68. The summed E-state index contributed by atoms with van der Waals surface area (Å²) in [6.07, 6.45) is 0. The zero-order valence-corrected chi connectivity index (χ0v) is 14.3. The van der Waals surface area contributed by atoms with Gasteiger partial charge >= 0.3 is 0 Å². The van der Waals surface area contributed by atoms with Gasteiger partial charge in [-0.3, -0.25) is 0 Å². The third-order valence-electron chi connectivity index (χ3n) is 2.93. The number of aromatic hydroxyl groups is 1. The Hall–Kier alpha value is -1.08. The Morgan fingerprint density at radius 2 is 1.90 bits per heavy atom. The number of benzene rings is 2. The number of hydrogen-bond acceptors (Lipinski definition) is 5. The van der Waals surface area contributed by atoms with Gasteiger partial charge in [0.15, 0.2) is 0 Å². The van der Waals surface area contributed by atoms with Gasteiger partial charge in [-0.05, 0) is 39.7 Å². The average molecular weight is 405 g/mol. The minimum atomic E-state index is 0.203. The summed E-state index contributed by atoms with van der Waals surface area (Å²) in [5.74, 6) is 0.203. The zero-order valence-electron chi connectivity index (χ0n) is 10.4. The Balaban J connectivity index is 1.91. The standard InChI is InChI=1S/C13H8BrCl2N3OS/c14-7-3-6(1-2-10(7)20)5-17-11-8(15)4-9(16)12-13(11)19-21-18-12/h1-4,17,20H,5H2. The minimum absolute atomic E-state index is 0.203. The molecule has 1 aromatic heterocycles. The van der Waals surface area contributed by atoms with Crippen LogP contribution in [0.4, 0.5) is 5.69 Å². The predicted molar refractivity (Wildman–Crippen MR) is 90.6 cm³/mol. The highest BCUT2D eigenvalue weighted by Gasteiger charge is 2.13. The molecule has 0 unspecified atom stereocenters. The van der Waals surface area contributed by atoms with E-state index in [-0.39, 0.29) is 5.75 Å². The van der Waals surface area contributed by atoms with Gasteiger partial charge in [-0.2, -0.15) is 8.75 Å². The lowest BCUT2D eigenvalue weighted by Gasteiger charge is -2.10. The highest BCUT2D eigenvalue weighted by Crippen LogP contribution is 2.35. The highest BCUT2D eigenvalue weighted by molar-refractivity contribution is 9.10. The summed E-state index contributed by atoms with van der Waals surface area (Å²) >= 11 is 16.7. The molecule has 0 aliphatic carbocycles. The number of nitrogens with zero attached hydrogens (tertiary/aromatic N) is 2. The first kappa shape index (κ1) is 14.8. The van der Waals surface area contributed by atoms with Crippen LogP contribution in [-0.4, -0.2) is 13.9 Å². The van der Waals surface area contributed by atoms with Crippen molar-refractivity contribution in [2.24, 2.45) is 0 Å². The fourth-order valence-electron chi connectivity index (χ4n) is 1.89. The van der Waals surface area contributed by atoms with Crippen molar-refractivity contribution in [1.29, 1.82) is 0 Å². The van der Waals surface area contributed by atoms with E-state index in [4.69, 9.17) is 23.2 Å². The van der Waals surface area contributed by atoms with Crippen molar-refractivity contribution in [2.75, 3.05) is 5.32 Å².